The summed E-state index contributed by atoms with van der Waals surface area (Å²) in [5, 5.41) is 0.898. The number of hydrazine groups is 1. The van der Waals surface area contributed by atoms with Gasteiger partial charge in [-0.2, -0.15) is 4.83 Å². The van der Waals surface area contributed by atoms with Crippen molar-refractivity contribution in [3.8, 4) is 0 Å². The van der Waals surface area contributed by atoms with E-state index >= 15 is 0 Å². The van der Waals surface area contributed by atoms with Gasteiger partial charge in [0.2, 0.25) is 6.41 Å². The van der Waals surface area contributed by atoms with Gasteiger partial charge in [0.1, 0.15) is 0 Å². The van der Waals surface area contributed by atoms with Crippen LogP contribution in [0.3, 0.4) is 0 Å². The Bertz CT molecular complexity index is 395. The summed E-state index contributed by atoms with van der Waals surface area (Å²) < 4.78 is 20.8. The van der Waals surface area contributed by atoms with Gasteiger partial charge in [-0.15, -0.1) is 0 Å². The zero-order valence-corrected chi connectivity index (χ0v) is 9.21. The normalized spacial score (nSPS) is 12.2. The topological polar surface area (TPSA) is 72.5 Å². The summed E-state index contributed by atoms with van der Waals surface area (Å²) >= 11 is -2.51. The highest BCUT2D eigenvalue weighted by Gasteiger charge is 2.05. The van der Waals surface area contributed by atoms with Crippen LogP contribution in [0.15, 0.2) is 18.2 Å². The highest BCUT2D eigenvalue weighted by Crippen LogP contribution is 2.16. The average Bonchev–Trinajstić information content (AvgIpc) is 2.18. The fourth-order valence-electron chi connectivity index (χ4n) is 1.09. The number of carbonyl (C=O) groups is 1. The van der Waals surface area contributed by atoms with Crippen molar-refractivity contribution in [3.05, 3.63) is 29.3 Å². The number of amides is 1. The second-order valence-electron chi connectivity index (χ2n) is 3.07. The molecule has 5 nitrogen and oxygen atoms in total. The fraction of sp³-hybridized carbons (Fsp3) is 0.222. The minimum absolute atomic E-state index is 0.403. The van der Waals surface area contributed by atoms with Crippen LogP contribution in [0.2, 0.25) is 0 Å². The molecule has 1 amide bonds. The Morgan fingerprint density at radius 1 is 1.40 bits per heavy atom. The maximum atomic E-state index is 10.6. The molecule has 1 unspecified atom stereocenters. The summed E-state index contributed by atoms with van der Waals surface area (Å²) in [6.07, 6.45) is 0.403. The molecule has 0 aliphatic heterocycles. The minimum Gasteiger partial charge on any atom is -0.759 e. The van der Waals surface area contributed by atoms with Crippen LogP contribution < -0.4 is 9.84 Å². The third-order valence-corrected chi connectivity index (χ3v) is 2.39. The van der Waals surface area contributed by atoms with Gasteiger partial charge in [-0.05, 0) is 37.1 Å². The summed E-state index contributed by atoms with van der Waals surface area (Å²) in [6.45, 7) is 3.82. The summed E-state index contributed by atoms with van der Waals surface area (Å²) in [5.41, 5.74) is 2.54. The van der Waals surface area contributed by atoms with Crippen LogP contribution in [0.25, 0.3) is 0 Å². The molecule has 0 saturated carbocycles. The second kappa shape index (κ2) is 5.01. The first kappa shape index (κ1) is 11.8. The quantitative estimate of drug-likeness (QED) is 0.464. The van der Waals surface area contributed by atoms with Crippen molar-refractivity contribution in [2.24, 2.45) is 0 Å². The van der Waals surface area contributed by atoms with Crippen molar-refractivity contribution in [1.29, 1.82) is 0 Å². The number of aryl methyl sites for hydroxylation is 2. The van der Waals surface area contributed by atoms with Crippen LogP contribution in [-0.4, -0.2) is 15.2 Å². The van der Waals surface area contributed by atoms with Crippen molar-refractivity contribution in [1.82, 2.24) is 4.83 Å². The van der Waals surface area contributed by atoms with E-state index < -0.39 is 11.3 Å². The number of anilines is 1. The molecular weight excluding hydrogens is 216 g/mol. The van der Waals surface area contributed by atoms with Crippen LogP contribution in [0.5, 0.6) is 0 Å². The monoisotopic (exact) mass is 227 g/mol. The van der Waals surface area contributed by atoms with E-state index in [4.69, 9.17) is 0 Å². The molecule has 6 heteroatoms. The molecule has 0 aromatic heterocycles. The van der Waals surface area contributed by atoms with Gasteiger partial charge < -0.3 is 4.55 Å². The first-order valence-corrected chi connectivity index (χ1v) is 5.29. The molecule has 1 N–H and O–H groups in total. The summed E-state index contributed by atoms with van der Waals surface area (Å²) in [6, 6.07) is 5.21. The maximum absolute atomic E-state index is 10.6. The van der Waals surface area contributed by atoms with Crippen LogP contribution in [0.1, 0.15) is 11.1 Å². The van der Waals surface area contributed by atoms with E-state index in [9.17, 15) is 13.6 Å². The molecule has 1 aromatic rings. The highest BCUT2D eigenvalue weighted by molar-refractivity contribution is 7.77. The Balaban J connectivity index is 2.97. The standard InChI is InChI=1S/C9H12N2O3S/c1-7-3-4-9(5-8(7)2)11(6-12)10-15(13)14/h3-6,10H,1-2H3,(H,13,14)/p-1. The molecule has 0 radical (unpaired) electrons. The number of hydrogen-bond acceptors (Lipinski definition) is 3. The lowest BCUT2D eigenvalue weighted by molar-refractivity contribution is -0.107. The molecule has 1 aromatic carbocycles. The lowest BCUT2D eigenvalue weighted by Crippen LogP contribution is -2.38. The van der Waals surface area contributed by atoms with Gasteiger partial charge in [-0.1, -0.05) is 6.07 Å². The number of carbonyl (C=O) groups excluding carboxylic acids is 1. The Labute approximate surface area is 90.5 Å². The molecule has 1 rings (SSSR count). The SMILES string of the molecule is Cc1ccc(N(C=O)NS(=O)[O-])cc1C. The Morgan fingerprint density at radius 2 is 2.07 bits per heavy atom. The zero-order valence-electron chi connectivity index (χ0n) is 8.39. The van der Waals surface area contributed by atoms with Crippen molar-refractivity contribution in [2.45, 2.75) is 13.8 Å². The number of nitrogens with one attached hydrogen (secondary N) is 1. The second-order valence-corrected chi connectivity index (χ2v) is 3.72. The number of rotatable bonds is 4. The molecule has 1 atom stereocenters. The van der Waals surface area contributed by atoms with Crippen molar-refractivity contribution < 1.29 is 13.6 Å². The molecule has 0 saturated heterocycles. The first-order valence-electron chi connectivity index (χ1n) is 4.22. The molecule has 15 heavy (non-hydrogen) atoms. The van der Waals surface area contributed by atoms with Crippen LogP contribution >= 0.6 is 0 Å². The Hall–Kier alpha value is -1.24. The zero-order chi connectivity index (χ0) is 11.4. The molecule has 0 aliphatic rings. The lowest BCUT2D eigenvalue weighted by Gasteiger charge is -2.20. The van der Waals surface area contributed by atoms with Gasteiger partial charge >= 0.3 is 0 Å². The Kier molecular flexibility index (Phi) is 3.96. The van der Waals surface area contributed by atoms with E-state index in [0.29, 0.717) is 12.1 Å². The van der Waals surface area contributed by atoms with Crippen LogP contribution in [0.4, 0.5) is 5.69 Å². The van der Waals surface area contributed by atoms with E-state index in [2.05, 4.69) is 0 Å². The minimum atomic E-state index is -2.51. The molecule has 82 valence electrons. The molecule has 0 heterocycles. The highest BCUT2D eigenvalue weighted by atomic mass is 32.2. The van der Waals surface area contributed by atoms with Crippen LogP contribution in [0, 0.1) is 13.8 Å². The van der Waals surface area contributed by atoms with E-state index in [0.717, 1.165) is 16.1 Å². The smallest absolute Gasteiger partial charge is 0.229 e. The molecule has 0 spiro atoms. The third kappa shape index (κ3) is 3.12. The van der Waals surface area contributed by atoms with E-state index in [1.165, 1.54) is 0 Å². The van der Waals surface area contributed by atoms with Crippen molar-refractivity contribution in [3.63, 3.8) is 0 Å². The summed E-state index contributed by atoms with van der Waals surface area (Å²) in [5.74, 6) is 0. The first-order chi connectivity index (χ1) is 7.04. The van der Waals surface area contributed by atoms with Gasteiger partial charge in [0.05, 0.1) is 5.69 Å². The number of benzene rings is 1. The molecule has 0 fully saturated rings. The Morgan fingerprint density at radius 3 is 2.53 bits per heavy atom. The number of nitrogens with zero attached hydrogens (tertiary/aromatic N) is 1. The number of hydrogen-bond donors (Lipinski definition) is 1. The predicted octanol–water partition coefficient (Wildman–Crippen LogP) is 0.565. The van der Waals surface area contributed by atoms with Gasteiger partial charge in [0.25, 0.3) is 0 Å². The largest absolute Gasteiger partial charge is 0.759 e. The summed E-state index contributed by atoms with van der Waals surface area (Å²) in [7, 11) is 0. The molecule has 0 aliphatic carbocycles. The third-order valence-electron chi connectivity index (χ3n) is 2.05. The van der Waals surface area contributed by atoms with E-state index in [1.54, 1.807) is 12.1 Å². The predicted molar refractivity (Wildman–Crippen MR) is 56.5 cm³/mol. The van der Waals surface area contributed by atoms with Crippen LogP contribution in [-0.2, 0) is 16.1 Å². The summed E-state index contributed by atoms with van der Waals surface area (Å²) in [4.78, 5) is 12.6. The van der Waals surface area contributed by atoms with E-state index in [-0.39, 0.29) is 0 Å². The molecular formula is C9H11N2O3S-. The van der Waals surface area contributed by atoms with Gasteiger partial charge in [-0.3, -0.25) is 9.00 Å². The fourth-order valence-corrected chi connectivity index (χ4v) is 1.40. The van der Waals surface area contributed by atoms with Crippen molar-refractivity contribution >= 4 is 23.4 Å². The molecule has 0 bridgehead atoms. The van der Waals surface area contributed by atoms with E-state index in [1.807, 2.05) is 24.7 Å². The average molecular weight is 227 g/mol. The lowest BCUT2D eigenvalue weighted by atomic mass is 10.1. The van der Waals surface area contributed by atoms with Gasteiger partial charge in [0, 0.05) is 11.3 Å². The van der Waals surface area contributed by atoms with Crippen molar-refractivity contribution in [2.75, 3.05) is 5.01 Å². The van der Waals surface area contributed by atoms with Gasteiger partial charge in [0.15, 0.2) is 0 Å². The van der Waals surface area contributed by atoms with Gasteiger partial charge in [-0.25, -0.2) is 5.01 Å². The maximum Gasteiger partial charge on any atom is 0.229 e.